The van der Waals surface area contributed by atoms with Gasteiger partial charge in [0.25, 0.3) is 0 Å². The second kappa shape index (κ2) is 9.09. The zero-order valence-corrected chi connectivity index (χ0v) is 16.1. The fourth-order valence-electron chi connectivity index (χ4n) is 2.69. The van der Waals surface area contributed by atoms with Gasteiger partial charge in [-0.2, -0.15) is 0 Å². The molecule has 4 heteroatoms. The highest BCUT2D eigenvalue weighted by Crippen LogP contribution is 2.28. The number of aryl methyl sites for hydroxylation is 1. The second-order valence-electron chi connectivity index (χ2n) is 6.23. The summed E-state index contributed by atoms with van der Waals surface area (Å²) in [5.41, 5.74) is 3.90. The molecule has 2 aromatic carbocycles. The minimum absolute atomic E-state index is 0.0536. The van der Waals surface area contributed by atoms with Crippen molar-refractivity contribution in [2.75, 3.05) is 14.2 Å². The van der Waals surface area contributed by atoms with Crippen LogP contribution in [-0.2, 0) is 11.2 Å². The molecule has 0 saturated heterocycles. The Labute approximate surface area is 155 Å². The average Bonchev–Trinajstić information content (AvgIpc) is 2.67. The highest BCUT2D eigenvalue weighted by molar-refractivity contribution is 5.97. The third-order valence-corrected chi connectivity index (χ3v) is 4.38. The molecule has 0 aromatic heterocycles. The molecule has 2 aromatic rings. The normalized spacial score (nSPS) is 12.4. The van der Waals surface area contributed by atoms with Gasteiger partial charge in [-0.3, -0.25) is 4.79 Å². The van der Waals surface area contributed by atoms with E-state index in [4.69, 9.17) is 9.47 Å². The molecule has 2 rings (SSSR count). The van der Waals surface area contributed by atoms with Gasteiger partial charge in [0.05, 0.1) is 20.3 Å². The number of hydrogen-bond acceptors (Lipinski definition) is 3. The number of methoxy groups -OCH3 is 2. The van der Waals surface area contributed by atoms with Crippen LogP contribution in [0.25, 0.3) is 6.08 Å². The first-order valence-electron chi connectivity index (χ1n) is 8.78. The molecule has 1 unspecified atom stereocenters. The molecule has 0 bridgehead atoms. The summed E-state index contributed by atoms with van der Waals surface area (Å²) in [5.74, 6) is 1.21. The molecule has 138 valence electrons. The van der Waals surface area contributed by atoms with E-state index in [9.17, 15) is 4.79 Å². The third-order valence-electron chi connectivity index (χ3n) is 4.38. The number of rotatable bonds is 7. The molecule has 4 nitrogen and oxygen atoms in total. The van der Waals surface area contributed by atoms with E-state index in [0.29, 0.717) is 17.1 Å². The van der Waals surface area contributed by atoms with Crippen molar-refractivity contribution in [3.05, 3.63) is 64.7 Å². The zero-order chi connectivity index (χ0) is 19.1. The van der Waals surface area contributed by atoms with E-state index in [2.05, 4.69) is 36.5 Å². The Morgan fingerprint density at radius 3 is 2.31 bits per heavy atom. The van der Waals surface area contributed by atoms with Crippen molar-refractivity contribution < 1.29 is 14.3 Å². The summed E-state index contributed by atoms with van der Waals surface area (Å²) in [4.78, 5) is 12.5. The highest BCUT2D eigenvalue weighted by atomic mass is 16.5. The summed E-state index contributed by atoms with van der Waals surface area (Å²) in [7, 11) is 3.19. The lowest BCUT2D eigenvalue weighted by molar-refractivity contribution is -0.118. The summed E-state index contributed by atoms with van der Waals surface area (Å²) < 4.78 is 10.5. The van der Waals surface area contributed by atoms with Gasteiger partial charge in [0.2, 0.25) is 5.91 Å². The van der Waals surface area contributed by atoms with E-state index in [0.717, 1.165) is 17.5 Å². The number of amides is 1. The third kappa shape index (κ3) is 4.88. The number of carbonyl (C=O) groups is 1. The van der Waals surface area contributed by atoms with E-state index in [1.54, 1.807) is 21.1 Å². The van der Waals surface area contributed by atoms with E-state index in [1.807, 2.05) is 31.2 Å². The SMILES string of the molecule is CCc1ccc(C(C)NC(=O)/C(C)=C/c2ccc(OC)c(OC)c2)cc1. The van der Waals surface area contributed by atoms with Crippen LogP contribution in [0.5, 0.6) is 11.5 Å². The van der Waals surface area contributed by atoms with Crippen LogP contribution in [0.3, 0.4) is 0 Å². The quantitative estimate of drug-likeness (QED) is 0.743. The van der Waals surface area contributed by atoms with E-state index in [-0.39, 0.29) is 11.9 Å². The summed E-state index contributed by atoms with van der Waals surface area (Å²) in [5, 5.41) is 3.04. The first-order chi connectivity index (χ1) is 12.5. The molecule has 0 heterocycles. The smallest absolute Gasteiger partial charge is 0.247 e. The molecule has 0 fully saturated rings. The maximum atomic E-state index is 12.5. The minimum atomic E-state index is -0.0909. The number of carbonyl (C=O) groups excluding carboxylic acids is 1. The fourth-order valence-corrected chi connectivity index (χ4v) is 2.69. The van der Waals surface area contributed by atoms with Crippen LogP contribution in [0.2, 0.25) is 0 Å². The number of benzene rings is 2. The predicted octanol–water partition coefficient (Wildman–Crippen LogP) is 4.55. The first-order valence-corrected chi connectivity index (χ1v) is 8.78. The second-order valence-corrected chi connectivity index (χ2v) is 6.23. The molecule has 0 aliphatic carbocycles. The van der Waals surface area contributed by atoms with Crippen molar-refractivity contribution in [3.8, 4) is 11.5 Å². The summed E-state index contributed by atoms with van der Waals surface area (Å²) in [6.45, 7) is 5.92. The molecule has 0 spiro atoms. The lowest BCUT2D eigenvalue weighted by Crippen LogP contribution is -2.27. The molecule has 0 aliphatic rings. The maximum Gasteiger partial charge on any atom is 0.247 e. The summed E-state index contributed by atoms with van der Waals surface area (Å²) >= 11 is 0. The van der Waals surface area contributed by atoms with Gasteiger partial charge in [0, 0.05) is 5.57 Å². The van der Waals surface area contributed by atoms with Crippen LogP contribution in [0.1, 0.15) is 43.5 Å². The van der Waals surface area contributed by atoms with Gasteiger partial charge in [0.15, 0.2) is 11.5 Å². The van der Waals surface area contributed by atoms with Crippen LogP contribution in [0.4, 0.5) is 0 Å². The topological polar surface area (TPSA) is 47.6 Å². The highest BCUT2D eigenvalue weighted by Gasteiger charge is 2.11. The van der Waals surface area contributed by atoms with Gasteiger partial charge < -0.3 is 14.8 Å². The Morgan fingerprint density at radius 2 is 1.73 bits per heavy atom. The van der Waals surface area contributed by atoms with Crippen LogP contribution in [0, 0.1) is 0 Å². The van der Waals surface area contributed by atoms with Gasteiger partial charge in [-0.1, -0.05) is 37.3 Å². The van der Waals surface area contributed by atoms with Gasteiger partial charge in [-0.05, 0) is 55.2 Å². The van der Waals surface area contributed by atoms with Gasteiger partial charge in [0.1, 0.15) is 0 Å². The average molecular weight is 353 g/mol. The number of ether oxygens (including phenoxy) is 2. The number of hydrogen-bond donors (Lipinski definition) is 1. The molecular weight excluding hydrogens is 326 g/mol. The lowest BCUT2D eigenvalue weighted by atomic mass is 10.0. The summed E-state index contributed by atoms with van der Waals surface area (Å²) in [6, 6.07) is 13.9. The lowest BCUT2D eigenvalue weighted by Gasteiger charge is -2.15. The Bertz CT molecular complexity index is 778. The van der Waals surface area contributed by atoms with Crippen molar-refractivity contribution >= 4 is 12.0 Å². The van der Waals surface area contributed by atoms with Crippen molar-refractivity contribution in [1.82, 2.24) is 5.32 Å². The summed E-state index contributed by atoms with van der Waals surface area (Å²) in [6.07, 6.45) is 2.85. The Hall–Kier alpha value is -2.75. The zero-order valence-electron chi connectivity index (χ0n) is 16.1. The maximum absolute atomic E-state index is 12.5. The van der Waals surface area contributed by atoms with Crippen molar-refractivity contribution in [2.24, 2.45) is 0 Å². The fraction of sp³-hybridized carbons (Fsp3) is 0.318. The van der Waals surface area contributed by atoms with Crippen LogP contribution in [0.15, 0.2) is 48.0 Å². The molecule has 1 N–H and O–H groups in total. The predicted molar refractivity (Wildman–Crippen MR) is 106 cm³/mol. The Balaban J connectivity index is 2.09. The van der Waals surface area contributed by atoms with Gasteiger partial charge in [-0.25, -0.2) is 0 Å². The minimum Gasteiger partial charge on any atom is -0.493 e. The van der Waals surface area contributed by atoms with Crippen molar-refractivity contribution in [1.29, 1.82) is 0 Å². The molecule has 1 atom stereocenters. The largest absolute Gasteiger partial charge is 0.493 e. The van der Waals surface area contributed by atoms with Crippen molar-refractivity contribution in [3.63, 3.8) is 0 Å². The van der Waals surface area contributed by atoms with Crippen molar-refractivity contribution in [2.45, 2.75) is 33.2 Å². The van der Waals surface area contributed by atoms with E-state index in [1.165, 1.54) is 5.56 Å². The van der Waals surface area contributed by atoms with Gasteiger partial charge >= 0.3 is 0 Å². The molecule has 0 aliphatic heterocycles. The van der Waals surface area contributed by atoms with Gasteiger partial charge in [-0.15, -0.1) is 0 Å². The monoisotopic (exact) mass is 353 g/mol. The molecule has 0 radical (unpaired) electrons. The molecular formula is C22H27NO3. The molecule has 0 saturated carbocycles. The van der Waals surface area contributed by atoms with Crippen LogP contribution < -0.4 is 14.8 Å². The van der Waals surface area contributed by atoms with Crippen LogP contribution >= 0.6 is 0 Å². The molecule has 26 heavy (non-hydrogen) atoms. The molecule has 1 amide bonds. The van der Waals surface area contributed by atoms with E-state index < -0.39 is 0 Å². The van der Waals surface area contributed by atoms with Crippen LogP contribution in [-0.4, -0.2) is 20.1 Å². The standard InChI is InChI=1S/C22H27NO3/c1-6-17-7-10-19(11-8-17)16(3)23-22(24)15(2)13-18-9-12-20(25-4)21(14-18)26-5/h7-14,16H,6H2,1-5H3,(H,23,24)/b15-13+. The van der Waals surface area contributed by atoms with E-state index >= 15 is 0 Å². The Morgan fingerprint density at radius 1 is 1.08 bits per heavy atom. The Kier molecular flexibility index (Phi) is 6.84. The number of nitrogens with one attached hydrogen (secondary N) is 1. The first kappa shape index (κ1) is 19.6.